The number of nitrogen functional groups attached to an aromatic ring is 1. The third kappa shape index (κ3) is 1.74. The van der Waals surface area contributed by atoms with Gasteiger partial charge >= 0.3 is 0 Å². The van der Waals surface area contributed by atoms with Gasteiger partial charge in [-0.3, -0.25) is 4.40 Å². The molecule has 3 aromatic rings. The number of nitrogens with zero attached hydrogens (tertiary/aromatic N) is 2. The first-order valence-corrected chi connectivity index (χ1v) is 6.10. The molecular formula is C12H12N4S. The Morgan fingerprint density at radius 2 is 2.00 bits per heavy atom. The van der Waals surface area contributed by atoms with Gasteiger partial charge in [0.1, 0.15) is 5.82 Å². The summed E-state index contributed by atoms with van der Waals surface area (Å²) in [7, 11) is 1.87. The van der Waals surface area contributed by atoms with Crippen LogP contribution in [0.15, 0.2) is 36.7 Å². The molecule has 0 aliphatic heterocycles. The van der Waals surface area contributed by atoms with Gasteiger partial charge in [0.25, 0.3) is 0 Å². The van der Waals surface area contributed by atoms with Crippen LogP contribution in [-0.4, -0.2) is 16.4 Å². The van der Waals surface area contributed by atoms with Crippen LogP contribution in [0.25, 0.3) is 15.4 Å². The molecule has 0 saturated heterocycles. The van der Waals surface area contributed by atoms with Crippen molar-refractivity contribution in [2.24, 2.45) is 0 Å². The summed E-state index contributed by atoms with van der Waals surface area (Å²) >= 11 is 1.66. The lowest BCUT2D eigenvalue weighted by molar-refractivity contribution is 1.23. The maximum Gasteiger partial charge on any atom is 0.196 e. The van der Waals surface area contributed by atoms with Crippen LogP contribution in [0.3, 0.4) is 0 Å². The second-order valence-electron chi connectivity index (χ2n) is 3.78. The molecule has 2 heterocycles. The molecule has 0 aliphatic rings. The highest BCUT2D eigenvalue weighted by molar-refractivity contribution is 7.20. The van der Waals surface area contributed by atoms with Crippen LogP contribution < -0.4 is 11.1 Å². The highest BCUT2D eigenvalue weighted by Crippen LogP contribution is 2.29. The summed E-state index contributed by atoms with van der Waals surface area (Å²) < 4.78 is 2.03. The SMILES string of the molecule is CNc1cn2cc(-c3ccc(N)cc3)sc2n1. The Morgan fingerprint density at radius 1 is 1.24 bits per heavy atom. The Balaban J connectivity index is 2.06. The molecule has 17 heavy (non-hydrogen) atoms. The number of fused-ring (bicyclic) bond motifs is 1. The van der Waals surface area contributed by atoms with Crippen molar-refractivity contribution in [3.63, 3.8) is 0 Å². The molecule has 3 N–H and O–H groups in total. The van der Waals surface area contributed by atoms with Crippen molar-refractivity contribution in [1.29, 1.82) is 0 Å². The van der Waals surface area contributed by atoms with Crippen LogP contribution in [0.1, 0.15) is 0 Å². The minimum Gasteiger partial charge on any atom is -0.399 e. The molecule has 3 rings (SSSR count). The first-order valence-electron chi connectivity index (χ1n) is 5.28. The molecule has 86 valence electrons. The van der Waals surface area contributed by atoms with Gasteiger partial charge in [0.2, 0.25) is 0 Å². The van der Waals surface area contributed by atoms with Crippen LogP contribution in [0.2, 0.25) is 0 Å². The first-order chi connectivity index (χ1) is 8.26. The predicted octanol–water partition coefficient (Wildman–Crippen LogP) is 2.69. The van der Waals surface area contributed by atoms with Crippen LogP contribution in [0.4, 0.5) is 11.5 Å². The fourth-order valence-corrected chi connectivity index (χ4v) is 2.67. The molecule has 0 atom stereocenters. The zero-order valence-electron chi connectivity index (χ0n) is 9.34. The lowest BCUT2D eigenvalue weighted by Gasteiger charge is -1.96. The molecule has 2 aromatic heterocycles. The fraction of sp³-hybridized carbons (Fsp3) is 0.0833. The summed E-state index contributed by atoms with van der Waals surface area (Å²) in [6.07, 6.45) is 4.06. The molecule has 0 aliphatic carbocycles. The largest absolute Gasteiger partial charge is 0.399 e. The molecular weight excluding hydrogens is 232 g/mol. The number of hydrogen-bond acceptors (Lipinski definition) is 4. The first kappa shape index (κ1) is 10.2. The third-order valence-corrected chi connectivity index (χ3v) is 3.65. The molecule has 0 saturated carbocycles. The molecule has 0 radical (unpaired) electrons. The summed E-state index contributed by atoms with van der Waals surface area (Å²) in [6, 6.07) is 7.88. The van der Waals surface area contributed by atoms with Gasteiger partial charge in [0, 0.05) is 18.9 Å². The van der Waals surface area contributed by atoms with E-state index >= 15 is 0 Å². The normalized spacial score (nSPS) is 10.9. The average molecular weight is 244 g/mol. The van der Waals surface area contributed by atoms with E-state index in [1.807, 2.05) is 41.9 Å². The van der Waals surface area contributed by atoms with Crippen molar-refractivity contribution in [3.8, 4) is 10.4 Å². The molecule has 0 spiro atoms. The quantitative estimate of drug-likeness (QED) is 0.681. The summed E-state index contributed by atoms with van der Waals surface area (Å²) in [6.45, 7) is 0. The minimum atomic E-state index is 0.785. The van der Waals surface area contributed by atoms with Crippen molar-refractivity contribution in [3.05, 3.63) is 36.7 Å². The summed E-state index contributed by atoms with van der Waals surface area (Å²) in [5, 5.41) is 3.03. The van der Waals surface area contributed by atoms with E-state index in [0.717, 1.165) is 16.5 Å². The Morgan fingerprint density at radius 3 is 2.65 bits per heavy atom. The molecule has 5 heteroatoms. The van der Waals surface area contributed by atoms with Crippen LogP contribution in [0, 0.1) is 0 Å². The van der Waals surface area contributed by atoms with Crippen molar-refractivity contribution in [2.75, 3.05) is 18.1 Å². The van der Waals surface area contributed by atoms with E-state index in [2.05, 4.69) is 16.5 Å². The second kappa shape index (κ2) is 3.78. The maximum absolute atomic E-state index is 5.68. The van der Waals surface area contributed by atoms with Crippen molar-refractivity contribution < 1.29 is 0 Å². The van der Waals surface area contributed by atoms with Gasteiger partial charge in [-0.25, -0.2) is 4.98 Å². The second-order valence-corrected chi connectivity index (χ2v) is 4.79. The number of imidazole rings is 1. The topological polar surface area (TPSA) is 55.3 Å². The zero-order valence-corrected chi connectivity index (χ0v) is 10.2. The number of nitrogens with two attached hydrogens (primary N) is 1. The number of rotatable bonds is 2. The molecule has 0 amide bonds. The average Bonchev–Trinajstić information content (AvgIpc) is 2.87. The fourth-order valence-electron chi connectivity index (χ4n) is 1.70. The van der Waals surface area contributed by atoms with E-state index in [4.69, 9.17) is 5.73 Å². The van der Waals surface area contributed by atoms with Crippen LogP contribution >= 0.6 is 11.3 Å². The monoisotopic (exact) mass is 244 g/mol. The predicted molar refractivity (Wildman–Crippen MR) is 72.5 cm³/mol. The van der Waals surface area contributed by atoms with Crippen molar-refractivity contribution in [1.82, 2.24) is 9.38 Å². The summed E-state index contributed by atoms with van der Waals surface area (Å²) in [4.78, 5) is 6.62. The van der Waals surface area contributed by atoms with E-state index in [1.165, 1.54) is 10.4 Å². The lowest BCUT2D eigenvalue weighted by Crippen LogP contribution is -1.85. The number of hydrogen-bond donors (Lipinski definition) is 2. The molecule has 0 bridgehead atoms. The van der Waals surface area contributed by atoms with Gasteiger partial charge in [0.15, 0.2) is 4.96 Å². The number of thiazole rings is 1. The lowest BCUT2D eigenvalue weighted by atomic mass is 10.2. The summed E-state index contributed by atoms with van der Waals surface area (Å²) in [5.74, 6) is 0.889. The number of benzene rings is 1. The highest BCUT2D eigenvalue weighted by Gasteiger charge is 2.06. The number of anilines is 2. The Hall–Kier alpha value is -2.01. The van der Waals surface area contributed by atoms with E-state index < -0.39 is 0 Å². The standard InChI is InChI=1S/C12H12N4S/c1-14-11-7-16-6-10(17-12(16)15-11)8-2-4-9(13)5-3-8/h2-7,14H,13H2,1H3. The van der Waals surface area contributed by atoms with Gasteiger partial charge in [-0.05, 0) is 17.7 Å². The van der Waals surface area contributed by atoms with Crippen molar-refractivity contribution >= 4 is 27.8 Å². The van der Waals surface area contributed by atoms with E-state index in [1.54, 1.807) is 11.3 Å². The Labute approximate surface area is 103 Å². The minimum absolute atomic E-state index is 0.785. The zero-order chi connectivity index (χ0) is 11.8. The smallest absolute Gasteiger partial charge is 0.196 e. The van der Waals surface area contributed by atoms with Gasteiger partial charge < -0.3 is 11.1 Å². The van der Waals surface area contributed by atoms with E-state index in [9.17, 15) is 0 Å². The van der Waals surface area contributed by atoms with E-state index in [0.29, 0.717) is 0 Å². The van der Waals surface area contributed by atoms with Crippen LogP contribution in [0.5, 0.6) is 0 Å². The Kier molecular flexibility index (Phi) is 2.26. The Bertz CT molecular complexity index is 619. The molecule has 0 fully saturated rings. The molecule has 1 aromatic carbocycles. The van der Waals surface area contributed by atoms with Gasteiger partial charge in [0.05, 0.1) is 11.1 Å². The van der Waals surface area contributed by atoms with Crippen LogP contribution in [-0.2, 0) is 0 Å². The maximum atomic E-state index is 5.68. The van der Waals surface area contributed by atoms with E-state index in [-0.39, 0.29) is 0 Å². The van der Waals surface area contributed by atoms with Gasteiger partial charge in [-0.1, -0.05) is 23.5 Å². The van der Waals surface area contributed by atoms with Crippen molar-refractivity contribution in [2.45, 2.75) is 0 Å². The highest BCUT2D eigenvalue weighted by atomic mass is 32.1. The number of aromatic nitrogens is 2. The third-order valence-electron chi connectivity index (χ3n) is 2.61. The number of nitrogens with one attached hydrogen (secondary N) is 1. The summed E-state index contributed by atoms with van der Waals surface area (Å²) in [5.41, 5.74) is 7.63. The van der Waals surface area contributed by atoms with Gasteiger partial charge in [-0.2, -0.15) is 0 Å². The van der Waals surface area contributed by atoms with Gasteiger partial charge in [-0.15, -0.1) is 0 Å². The molecule has 0 unspecified atom stereocenters. The molecule has 4 nitrogen and oxygen atoms in total.